The summed E-state index contributed by atoms with van der Waals surface area (Å²) in [5.74, 6) is -0.953. The molecule has 0 bridgehead atoms. The third kappa shape index (κ3) is 3.84. The van der Waals surface area contributed by atoms with Gasteiger partial charge in [-0.2, -0.15) is 4.57 Å². The van der Waals surface area contributed by atoms with Crippen molar-refractivity contribution in [2.75, 3.05) is 0 Å². The number of carbonyl (C=O) groups is 1. The Morgan fingerprint density at radius 2 is 2.46 bits per heavy atom. The van der Waals surface area contributed by atoms with Crippen molar-refractivity contribution in [3.05, 3.63) is 16.6 Å². The van der Waals surface area contributed by atoms with Crippen molar-refractivity contribution in [1.29, 1.82) is 0 Å². The molecule has 1 atom stereocenters. The monoisotopic (exact) mass is 266 g/mol. The maximum absolute atomic E-state index is 10.4. The lowest BCUT2D eigenvalue weighted by Crippen LogP contribution is -3.00. The van der Waals surface area contributed by atoms with Crippen molar-refractivity contribution < 1.29 is 31.4 Å². The Balaban J connectivity index is 0.00000144. The lowest BCUT2D eigenvalue weighted by atomic mass is 10.2. The second kappa shape index (κ2) is 5.31. The quantitative estimate of drug-likeness (QED) is 0.559. The normalized spacial score (nSPS) is 11.8. The summed E-state index contributed by atoms with van der Waals surface area (Å²) in [6.45, 7) is 0. The first-order valence-corrected chi connectivity index (χ1v) is 4.38. The maximum atomic E-state index is 10.4. The number of nitrogens with two attached hydrogens (primary N) is 1. The molecule has 3 N–H and O–H groups in total. The van der Waals surface area contributed by atoms with E-state index >= 15 is 0 Å². The predicted octanol–water partition coefficient (Wildman–Crippen LogP) is -3.47. The van der Waals surface area contributed by atoms with Crippen LogP contribution in [0.15, 0.2) is 11.7 Å². The van der Waals surface area contributed by atoms with Gasteiger partial charge < -0.3 is 27.8 Å². The fourth-order valence-electron chi connectivity index (χ4n) is 0.844. The highest BCUT2D eigenvalue weighted by Gasteiger charge is 2.14. The van der Waals surface area contributed by atoms with Crippen LogP contribution in [-0.4, -0.2) is 17.1 Å². The average Bonchev–Trinajstić information content (AvgIpc) is 2.35. The molecule has 0 saturated heterocycles. The van der Waals surface area contributed by atoms with E-state index in [1.54, 1.807) is 0 Å². The Bertz CT molecular complexity index is 290. The Morgan fingerprint density at radius 1 is 1.85 bits per heavy atom. The number of thiazole rings is 1. The standard InChI is InChI=1S/C7H10N2O2S.BrH/c1-9-3-5(12-4-9)2-6(8)7(10)11;/h3-4,6H,2,8H2,1H3;1H/t6-;/m0./s1. The van der Waals surface area contributed by atoms with Crippen molar-refractivity contribution in [3.63, 3.8) is 0 Å². The topological polar surface area (TPSA) is 67.2 Å². The van der Waals surface area contributed by atoms with Gasteiger partial charge in [-0.05, 0) is 0 Å². The molecule has 1 aromatic heterocycles. The summed E-state index contributed by atoms with van der Waals surface area (Å²) in [6, 6.07) is -0.788. The summed E-state index contributed by atoms with van der Waals surface area (Å²) < 4.78 is 1.88. The number of hydrogen-bond acceptors (Lipinski definition) is 3. The number of nitrogens with zero attached hydrogens (tertiary/aromatic N) is 1. The Kier molecular flexibility index (Phi) is 5.12. The molecule has 0 aromatic carbocycles. The van der Waals surface area contributed by atoms with Crippen LogP contribution in [0.1, 0.15) is 4.88 Å². The van der Waals surface area contributed by atoms with Gasteiger partial charge in [0.15, 0.2) is 6.20 Å². The van der Waals surface area contributed by atoms with Crippen LogP contribution < -0.4 is 27.3 Å². The molecule has 0 aliphatic heterocycles. The van der Waals surface area contributed by atoms with Crippen molar-refractivity contribution in [2.24, 2.45) is 12.8 Å². The summed E-state index contributed by atoms with van der Waals surface area (Å²) >= 11 is 1.51. The summed E-state index contributed by atoms with van der Waals surface area (Å²) in [7, 11) is 1.90. The van der Waals surface area contributed by atoms with E-state index in [1.807, 2.05) is 23.3 Å². The van der Waals surface area contributed by atoms with Gasteiger partial charge in [-0.25, -0.2) is 0 Å². The Hall–Kier alpha value is -0.460. The summed E-state index contributed by atoms with van der Waals surface area (Å²) in [4.78, 5) is 11.4. The predicted molar refractivity (Wildman–Crippen MR) is 44.8 cm³/mol. The highest BCUT2D eigenvalue weighted by molar-refractivity contribution is 7.09. The van der Waals surface area contributed by atoms with Crippen LogP contribution in [0.5, 0.6) is 0 Å². The van der Waals surface area contributed by atoms with Crippen molar-refractivity contribution >= 4 is 17.3 Å². The molecular formula is C7H11BrN2O2S. The van der Waals surface area contributed by atoms with Crippen molar-refractivity contribution in [1.82, 2.24) is 0 Å². The van der Waals surface area contributed by atoms with Gasteiger partial charge in [0.25, 0.3) is 0 Å². The van der Waals surface area contributed by atoms with Crippen LogP contribution in [0.2, 0.25) is 0 Å². The molecule has 0 aliphatic carbocycles. The summed E-state index contributed by atoms with van der Waals surface area (Å²) in [5, 5.41) is 8.52. The van der Waals surface area contributed by atoms with Crippen LogP contribution in [-0.2, 0) is 18.3 Å². The Morgan fingerprint density at radius 3 is 2.85 bits per heavy atom. The molecule has 0 unspecified atom stereocenters. The molecule has 13 heavy (non-hydrogen) atoms. The van der Waals surface area contributed by atoms with E-state index in [9.17, 15) is 4.79 Å². The molecule has 4 nitrogen and oxygen atoms in total. The highest BCUT2D eigenvalue weighted by atomic mass is 79.9. The molecule has 0 saturated carbocycles. The fourth-order valence-corrected chi connectivity index (χ4v) is 1.71. The first-order chi connectivity index (χ1) is 5.59. The van der Waals surface area contributed by atoms with Gasteiger partial charge in [-0.1, -0.05) is 11.3 Å². The number of aromatic nitrogens is 1. The van der Waals surface area contributed by atoms with E-state index in [4.69, 9.17) is 10.8 Å². The fraction of sp³-hybridized carbons (Fsp3) is 0.429. The van der Waals surface area contributed by atoms with E-state index < -0.39 is 12.0 Å². The van der Waals surface area contributed by atoms with Gasteiger partial charge in [0.1, 0.15) is 13.1 Å². The number of carboxylic acid groups (broad SMARTS) is 1. The van der Waals surface area contributed by atoms with Crippen LogP contribution in [0.25, 0.3) is 0 Å². The van der Waals surface area contributed by atoms with Crippen molar-refractivity contribution in [3.8, 4) is 0 Å². The molecule has 74 valence electrons. The minimum absolute atomic E-state index is 0. The largest absolute Gasteiger partial charge is 1.00 e. The molecule has 1 heterocycles. The molecule has 0 amide bonds. The molecule has 0 spiro atoms. The van der Waals surface area contributed by atoms with E-state index in [0.717, 1.165) is 4.88 Å². The van der Waals surface area contributed by atoms with Crippen LogP contribution >= 0.6 is 11.3 Å². The van der Waals surface area contributed by atoms with E-state index in [0.29, 0.717) is 6.42 Å². The van der Waals surface area contributed by atoms with Crippen LogP contribution in [0.3, 0.4) is 0 Å². The molecular weight excluding hydrogens is 256 g/mol. The zero-order valence-electron chi connectivity index (χ0n) is 7.11. The van der Waals surface area contributed by atoms with Gasteiger partial charge in [-0.15, -0.1) is 0 Å². The van der Waals surface area contributed by atoms with Gasteiger partial charge in [0.05, 0.1) is 4.88 Å². The molecule has 0 radical (unpaired) electrons. The molecule has 0 aliphatic rings. The van der Waals surface area contributed by atoms with E-state index in [1.165, 1.54) is 11.3 Å². The SMILES string of the molecule is C[n+]1csc(C[C@H](N)C(=O)O)c1.[Br-]. The van der Waals surface area contributed by atoms with Gasteiger partial charge in [0.2, 0.25) is 5.51 Å². The maximum Gasteiger partial charge on any atom is 0.320 e. The molecule has 1 aromatic rings. The number of hydrogen-bond donors (Lipinski definition) is 2. The average molecular weight is 267 g/mol. The van der Waals surface area contributed by atoms with Gasteiger partial charge in [0, 0.05) is 6.42 Å². The minimum Gasteiger partial charge on any atom is -1.00 e. The number of carboxylic acids is 1. The zero-order valence-corrected chi connectivity index (χ0v) is 9.51. The minimum atomic E-state index is -0.953. The van der Waals surface area contributed by atoms with Crippen molar-refractivity contribution in [2.45, 2.75) is 12.5 Å². The highest BCUT2D eigenvalue weighted by Crippen LogP contribution is 2.06. The number of rotatable bonds is 3. The molecule has 6 heteroatoms. The number of aryl methyl sites for hydroxylation is 1. The lowest BCUT2D eigenvalue weighted by molar-refractivity contribution is -0.666. The molecule has 1 rings (SSSR count). The van der Waals surface area contributed by atoms with Crippen LogP contribution in [0, 0.1) is 0 Å². The number of aliphatic carboxylic acids is 1. The molecule has 0 fully saturated rings. The first-order valence-electron chi connectivity index (χ1n) is 3.50. The lowest BCUT2D eigenvalue weighted by Gasteiger charge is -2.00. The van der Waals surface area contributed by atoms with Gasteiger partial charge >= 0.3 is 5.97 Å². The first kappa shape index (κ1) is 12.5. The van der Waals surface area contributed by atoms with Gasteiger partial charge in [-0.3, -0.25) is 4.79 Å². The smallest absolute Gasteiger partial charge is 0.320 e. The van der Waals surface area contributed by atoms with E-state index in [2.05, 4.69) is 0 Å². The number of halogens is 1. The Labute approximate surface area is 90.8 Å². The van der Waals surface area contributed by atoms with Crippen LogP contribution in [0.4, 0.5) is 0 Å². The third-order valence-corrected chi connectivity index (χ3v) is 2.47. The zero-order chi connectivity index (χ0) is 9.14. The second-order valence-corrected chi connectivity index (χ2v) is 3.60. The van der Waals surface area contributed by atoms with E-state index in [-0.39, 0.29) is 17.0 Å². The second-order valence-electron chi connectivity index (χ2n) is 2.63. The summed E-state index contributed by atoms with van der Waals surface area (Å²) in [5.41, 5.74) is 7.26. The third-order valence-electron chi connectivity index (χ3n) is 1.46. The summed E-state index contributed by atoms with van der Waals surface area (Å²) in [6.07, 6.45) is 2.29.